The third-order valence-electron chi connectivity index (χ3n) is 4.85. The van der Waals surface area contributed by atoms with Crippen molar-refractivity contribution in [1.82, 2.24) is 9.78 Å². The second kappa shape index (κ2) is 9.32. The second-order valence-corrected chi connectivity index (χ2v) is 6.82. The molecule has 3 rings (SSSR count). The maximum Gasteiger partial charge on any atom is 0.338 e. The van der Waals surface area contributed by atoms with E-state index >= 15 is 0 Å². The van der Waals surface area contributed by atoms with Crippen molar-refractivity contribution >= 4 is 11.7 Å². The molecule has 2 heterocycles. The van der Waals surface area contributed by atoms with E-state index in [4.69, 9.17) is 10.5 Å². The van der Waals surface area contributed by atoms with E-state index in [0.29, 0.717) is 44.0 Å². The minimum Gasteiger partial charge on any atom is -0.462 e. The van der Waals surface area contributed by atoms with E-state index in [0.717, 1.165) is 25.2 Å². The summed E-state index contributed by atoms with van der Waals surface area (Å²) in [6.45, 7) is 3.31. The molecule has 7 nitrogen and oxygen atoms in total. The van der Waals surface area contributed by atoms with Crippen LogP contribution < -0.4 is 16.2 Å². The van der Waals surface area contributed by atoms with Gasteiger partial charge < -0.3 is 15.4 Å². The molecule has 27 heavy (non-hydrogen) atoms. The largest absolute Gasteiger partial charge is 0.462 e. The van der Waals surface area contributed by atoms with Gasteiger partial charge in [-0.3, -0.25) is 4.79 Å². The van der Waals surface area contributed by atoms with Crippen LogP contribution in [-0.2, 0) is 11.3 Å². The van der Waals surface area contributed by atoms with Crippen LogP contribution in [0.5, 0.6) is 0 Å². The van der Waals surface area contributed by atoms with Gasteiger partial charge in [0.05, 0.1) is 24.1 Å². The number of carbonyl (C=O) groups is 1. The molecule has 0 radical (unpaired) electrons. The average Bonchev–Trinajstić information content (AvgIpc) is 3.18. The molecule has 1 aromatic carbocycles. The summed E-state index contributed by atoms with van der Waals surface area (Å²) in [4.78, 5) is 26.3. The summed E-state index contributed by atoms with van der Waals surface area (Å²) >= 11 is 0. The van der Waals surface area contributed by atoms with Crippen LogP contribution in [-0.4, -0.2) is 42.0 Å². The van der Waals surface area contributed by atoms with Crippen molar-refractivity contribution in [3.05, 3.63) is 58.5 Å². The molecule has 1 aliphatic heterocycles. The number of aromatic nitrogens is 2. The number of unbranched alkanes of at least 4 members (excludes halogenated alkanes) is 1. The Kier molecular flexibility index (Phi) is 6.59. The summed E-state index contributed by atoms with van der Waals surface area (Å²) in [5.41, 5.74) is 7.02. The van der Waals surface area contributed by atoms with Gasteiger partial charge in [0.1, 0.15) is 0 Å². The lowest BCUT2D eigenvalue weighted by atomic mass is 10.1. The first-order valence-corrected chi connectivity index (χ1v) is 9.41. The van der Waals surface area contributed by atoms with Gasteiger partial charge in [0.15, 0.2) is 0 Å². The van der Waals surface area contributed by atoms with Crippen molar-refractivity contribution in [3.8, 4) is 0 Å². The molecule has 2 aromatic rings. The molecule has 1 saturated heterocycles. The zero-order valence-corrected chi connectivity index (χ0v) is 15.4. The number of carbonyl (C=O) groups excluding carboxylic acids is 1. The number of aryl methyl sites for hydroxylation is 1. The maximum atomic E-state index is 12.3. The monoisotopic (exact) mass is 370 g/mol. The lowest BCUT2D eigenvalue weighted by molar-refractivity contribution is 0.0497. The number of nitrogens with two attached hydrogens (primary N) is 1. The number of rotatable bonds is 8. The second-order valence-electron chi connectivity index (χ2n) is 6.82. The summed E-state index contributed by atoms with van der Waals surface area (Å²) < 4.78 is 6.70. The molecule has 1 fully saturated rings. The van der Waals surface area contributed by atoms with E-state index in [1.807, 2.05) is 6.07 Å². The minimum atomic E-state index is -0.323. The zero-order chi connectivity index (χ0) is 19.1. The Morgan fingerprint density at radius 3 is 2.78 bits per heavy atom. The quantitative estimate of drug-likeness (QED) is 0.561. The van der Waals surface area contributed by atoms with Crippen LogP contribution in [0.25, 0.3) is 0 Å². The van der Waals surface area contributed by atoms with E-state index in [2.05, 4.69) is 10.00 Å². The van der Waals surface area contributed by atoms with Gasteiger partial charge in [-0.2, -0.15) is 5.10 Å². The smallest absolute Gasteiger partial charge is 0.338 e. The Morgan fingerprint density at radius 2 is 2.07 bits per heavy atom. The first-order chi connectivity index (χ1) is 13.2. The molecule has 0 bridgehead atoms. The van der Waals surface area contributed by atoms with Gasteiger partial charge in [0.25, 0.3) is 5.56 Å². The molecular formula is C20H26N4O3. The highest BCUT2D eigenvalue weighted by Crippen LogP contribution is 2.21. The molecule has 0 spiro atoms. The fourth-order valence-electron chi connectivity index (χ4n) is 3.21. The van der Waals surface area contributed by atoms with Crippen molar-refractivity contribution in [2.45, 2.75) is 25.8 Å². The van der Waals surface area contributed by atoms with Crippen LogP contribution in [0.4, 0.5) is 5.69 Å². The van der Waals surface area contributed by atoms with Crippen LogP contribution >= 0.6 is 0 Å². The molecule has 7 heteroatoms. The molecule has 1 aliphatic rings. The number of esters is 1. The summed E-state index contributed by atoms with van der Waals surface area (Å²) in [6.07, 6.45) is 4.20. The molecular weight excluding hydrogens is 344 g/mol. The summed E-state index contributed by atoms with van der Waals surface area (Å²) in [6, 6.07) is 10.6. The summed E-state index contributed by atoms with van der Waals surface area (Å²) in [7, 11) is 0. The normalized spacial score (nSPS) is 16.5. The topological polar surface area (TPSA) is 90.4 Å². The van der Waals surface area contributed by atoms with Gasteiger partial charge in [0.2, 0.25) is 0 Å². The van der Waals surface area contributed by atoms with Gasteiger partial charge in [-0.15, -0.1) is 0 Å². The van der Waals surface area contributed by atoms with Crippen molar-refractivity contribution < 1.29 is 9.53 Å². The van der Waals surface area contributed by atoms with E-state index in [1.165, 1.54) is 4.68 Å². The van der Waals surface area contributed by atoms with Gasteiger partial charge >= 0.3 is 5.97 Å². The van der Waals surface area contributed by atoms with Crippen LogP contribution in [0.2, 0.25) is 0 Å². The van der Waals surface area contributed by atoms with Crippen LogP contribution in [0.3, 0.4) is 0 Å². The highest BCUT2D eigenvalue weighted by molar-refractivity contribution is 5.89. The third kappa shape index (κ3) is 5.17. The Balaban J connectivity index is 1.42. The number of nitrogens with zero attached hydrogens (tertiary/aromatic N) is 3. The van der Waals surface area contributed by atoms with Crippen LogP contribution in [0, 0.1) is 5.92 Å². The van der Waals surface area contributed by atoms with Crippen molar-refractivity contribution in [1.29, 1.82) is 0 Å². The molecule has 1 aromatic heterocycles. The number of hydrogen-bond donors (Lipinski definition) is 1. The summed E-state index contributed by atoms with van der Waals surface area (Å²) in [5, 5.41) is 4.28. The molecule has 0 saturated carbocycles. The van der Waals surface area contributed by atoms with Gasteiger partial charge in [-0.1, -0.05) is 18.2 Å². The van der Waals surface area contributed by atoms with Crippen molar-refractivity contribution in [2.75, 3.05) is 31.1 Å². The first kappa shape index (κ1) is 19.1. The van der Waals surface area contributed by atoms with Crippen molar-refractivity contribution in [3.63, 3.8) is 0 Å². The Bertz CT molecular complexity index is 806. The van der Waals surface area contributed by atoms with Crippen molar-refractivity contribution in [2.24, 2.45) is 11.7 Å². The number of anilines is 1. The first-order valence-electron chi connectivity index (χ1n) is 9.41. The molecule has 1 atom stereocenters. The molecule has 144 valence electrons. The standard InChI is InChI=1S/C20H26N4O3/c21-13-16-8-10-23(15-16)18-12-19(25)24(22-14-18)9-4-5-11-27-20(26)17-6-2-1-3-7-17/h1-3,6-7,12,14,16H,4-5,8-11,13,15,21H2. The predicted octanol–water partition coefficient (Wildman–Crippen LogP) is 1.67. The van der Waals surface area contributed by atoms with E-state index in [1.54, 1.807) is 36.5 Å². The molecule has 1 unspecified atom stereocenters. The average molecular weight is 370 g/mol. The van der Waals surface area contributed by atoms with E-state index in [-0.39, 0.29) is 11.5 Å². The fourth-order valence-corrected chi connectivity index (χ4v) is 3.21. The highest BCUT2D eigenvalue weighted by Gasteiger charge is 2.22. The number of hydrogen-bond acceptors (Lipinski definition) is 6. The number of benzene rings is 1. The lowest BCUT2D eigenvalue weighted by Crippen LogP contribution is -2.27. The SMILES string of the molecule is NCC1CCN(c2cnn(CCCCOC(=O)c3ccccc3)c(=O)c2)C1. The predicted molar refractivity (Wildman–Crippen MR) is 104 cm³/mol. The molecule has 0 amide bonds. The molecule has 0 aliphatic carbocycles. The Hall–Kier alpha value is -2.67. The van der Waals surface area contributed by atoms with Crippen LogP contribution in [0.15, 0.2) is 47.4 Å². The van der Waals surface area contributed by atoms with E-state index in [9.17, 15) is 9.59 Å². The lowest BCUT2D eigenvalue weighted by Gasteiger charge is -2.18. The van der Waals surface area contributed by atoms with Gasteiger partial charge in [0, 0.05) is 25.7 Å². The zero-order valence-electron chi connectivity index (χ0n) is 15.4. The fraction of sp³-hybridized carbons (Fsp3) is 0.450. The number of ether oxygens (including phenoxy) is 1. The minimum absolute atomic E-state index is 0.107. The third-order valence-corrected chi connectivity index (χ3v) is 4.85. The van der Waals surface area contributed by atoms with Gasteiger partial charge in [-0.25, -0.2) is 9.48 Å². The summed E-state index contributed by atoms with van der Waals surface area (Å²) in [5.74, 6) is 0.169. The Labute approximate surface area is 158 Å². The van der Waals surface area contributed by atoms with Gasteiger partial charge in [-0.05, 0) is 43.9 Å². The maximum absolute atomic E-state index is 12.3. The molecule has 2 N–H and O–H groups in total. The van der Waals surface area contributed by atoms with Crippen LogP contribution in [0.1, 0.15) is 29.6 Å². The Morgan fingerprint density at radius 1 is 1.26 bits per heavy atom. The van der Waals surface area contributed by atoms with E-state index < -0.39 is 0 Å². The highest BCUT2D eigenvalue weighted by atomic mass is 16.5.